The molecule has 3 heterocycles. The monoisotopic (exact) mass is 236 g/mol. The molecule has 0 unspecified atom stereocenters. The van der Waals surface area contributed by atoms with Crippen molar-refractivity contribution in [1.29, 1.82) is 0 Å². The average Bonchev–Trinajstić information content (AvgIpc) is 2.76. The molecule has 0 aromatic carbocycles. The van der Waals surface area contributed by atoms with Crippen LogP contribution in [-0.4, -0.2) is 31.4 Å². The van der Waals surface area contributed by atoms with E-state index in [1.54, 1.807) is 11.3 Å². The molecule has 86 valence electrons. The van der Waals surface area contributed by atoms with E-state index in [0.717, 1.165) is 38.1 Å². The van der Waals surface area contributed by atoms with Crippen molar-refractivity contribution in [1.82, 2.24) is 5.32 Å². The van der Waals surface area contributed by atoms with E-state index in [0.29, 0.717) is 0 Å². The molecule has 2 aliphatic heterocycles. The van der Waals surface area contributed by atoms with Crippen LogP contribution in [0.5, 0.6) is 5.75 Å². The highest BCUT2D eigenvalue weighted by Gasteiger charge is 2.40. The van der Waals surface area contributed by atoms with Crippen molar-refractivity contribution in [2.45, 2.75) is 24.9 Å². The molecule has 1 spiro atoms. The standard InChI is InChI=1S/C12H16N2OS/c1-13-9-8-12(3-5-14-6-4-12)15-10-2-7-16-11(9)10/h2,7,14H,3-6,8H2,1H3. The molecule has 1 fully saturated rings. The van der Waals surface area contributed by atoms with Gasteiger partial charge in [0, 0.05) is 26.3 Å². The zero-order chi connectivity index (χ0) is 11.0. The third-order valence-corrected chi connectivity index (χ3v) is 4.44. The van der Waals surface area contributed by atoms with Gasteiger partial charge in [0.05, 0.1) is 10.6 Å². The second kappa shape index (κ2) is 3.86. The number of rotatable bonds is 0. The van der Waals surface area contributed by atoms with Gasteiger partial charge in [0.15, 0.2) is 0 Å². The quantitative estimate of drug-likeness (QED) is 0.748. The van der Waals surface area contributed by atoms with Crippen LogP contribution >= 0.6 is 11.3 Å². The van der Waals surface area contributed by atoms with Gasteiger partial charge in [-0.25, -0.2) is 0 Å². The highest BCUT2D eigenvalue weighted by molar-refractivity contribution is 7.12. The lowest BCUT2D eigenvalue weighted by molar-refractivity contribution is 0.0395. The number of ether oxygens (including phenoxy) is 1. The summed E-state index contributed by atoms with van der Waals surface area (Å²) < 4.78 is 6.22. The van der Waals surface area contributed by atoms with Crippen molar-refractivity contribution in [3.05, 3.63) is 16.3 Å². The first-order valence-corrected chi connectivity index (χ1v) is 6.64. The Bertz CT molecular complexity index is 418. The van der Waals surface area contributed by atoms with Crippen LogP contribution in [0.4, 0.5) is 0 Å². The summed E-state index contributed by atoms with van der Waals surface area (Å²) in [5.41, 5.74) is 1.23. The lowest BCUT2D eigenvalue weighted by atomic mass is 9.84. The molecule has 0 radical (unpaired) electrons. The van der Waals surface area contributed by atoms with Gasteiger partial charge < -0.3 is 10.1 Å². The van der Waals surface area contributed by atoms with Gasteiger partial charge in [-0.05, 0) is 24.5 Å². The number of hydrogen-bond acceptors (Lipinski definition) is 4. The topological polar surface area (TPSA) is 33.6 Å². The van der Waals surface area contributed by atoms with Crippen LogP contribution in [0.1, 0.15) is 24.1 Å². The summed E-state index contributed by atoms with van der Waals surface area (Å²) in [6.45, 7) is 2.10. The van der Waals surface area contributed by atoms with Crippen LogP contribution in [0.15, 0.2) is 16.4 Å². The number of aliphatic imine (C=N–C) groups is 1. The largest absolute Gasteiger partial charge is 0.485 e. The summed E-state index contributed by atoms with van der Waals surface area (Å²) in [5, 5.41) is 5.48. The van der Waals surface area contributed by atoms with E-state index in [4.69, 9.17) is 4.74 Å². The van der Waals surface area contributed by atoms with Crippen LogP contribution in [0.2, 0.25) is 0 Å². The molecule has 4 heteroatoms. The first-order chi connectivity index (χ1) is 7.83. The van der Waals surface area contributed by atoms with E-state index in [1.165, 1.54) is 10.6 Å². The maximum absolute atomic E-state index is 6.22. The zero-order valence-corrected chi connectivity index (χ0v) is 10.3. The first kappa shape index (κ1) is 10.3. The van der Waals surface area contributed by atoms with Gasteiger partial charge in [0.25, 0.3) is 0 Å². The van der Waals surface area contributed by atoms with E-state index in [-0.39, 0.29) is 5.60 Å². The third-order valence-electron chi connectivity index (χ3n) is 3.49. The maximum Gasteiger partial charge on any atom is 0.139 e. The van der Waals surface area contributed by atoms with Gasteiger partial charge in [0.2, 0.25) is 0 Å². The molecule has 0 saturated carbocycles. The molecule has 0 atom stereocenters. The lowest BCUT2D eigenvalue weighted by Gasteiger charge is -2.41. The minimum atomic E-state index is 0.00810. The van der Waals surface area contributed by atoms with Crippen molar-refractivity contribution in [3.63, 3.8) is 0 Å². The third kappa shape index (κ3) is 1.57. The summed E-state index contributed by atoms with van der Waals surface area (Å²) in [5.74, 6) is 1.04. The van der Waals surface area contributed by atoms with Gasteiger partial charge in [-0.15, -0.1) is 11.3 Å². The van der Waals surface area contributed by atoms with E-state index in [1.807, 2.05) is 7.05 Å². The van der Waals surface area contributed by atoms with Crippen LogP contribution < -0.4 is 10.1 Å². The zero-order valence-electron chi connectivity index (χ0n) is 9.45. The van der Waals surface area contributed by atoms with E-state index in [9.17, 15) is 0 Å². The Morgan fingerprint density at radius 2 is 2.25 bits per heavy atom. The molecule has 0 amide bonds. The number of nitrogens with one attached hydrogen (secondary N) is 1. The van der Waals surface area contributed by atoms with Crippen molar-refractivity contribution in [2.75, 3.05) is 20.1 Å². The second-order valence-corrected chi connectivity index (χ2v) is 5.41. The molecular weight excluding hydrogens is 220 g/mol. The van der Waals surface area contributed by atoms with Crippen molar-refractivity contribution in [2.24, 2.45) is 4.99 Å². The van der Waals surface area contributed by atoms with Crippen molar-refractivity contribution in [3.8, 4) is 5.75 Å². The highest BCUT2D eigenvalue weighted by Crippen LogP contribution is 2.40. The minimum Gasteiger partial charge on any atom is -0.485 e. The fraction of sp³-hybridized carbons (Fsp3) is 0.583. The first-order valence-electron chi connectivity index (χ1n) is 5.76. The van der Waals surface area contributed by atoms with Gasteiger partial charge >= 0.3 is 0 Å². The van der Waals surface area contributed by atoms with Crippen LogP contribution in [0, 0.1) is 0 Å². The Morgan fingerprint density at radius 1 is 1.44 bits per heavy atom. The Morgan fingerprint density at radius 3 is 3.00 bits per heavy atom. The van der Waals surface area contributed by atoms with Gasteiger partial charge in [-0.1, -0.05) is 0 Å². The van der Waals surface area contributed by atoms with Crippen molar-refractivity contribution >= 4 is 17.0 Å². The van der Waals surface area contributed by atoms with Gasteiger partial charge in [-0.3, -0.25) is 4.99 Å². The van der Waals surface area contributed by atoms with Gasteiger partial charge in [0.1, 0.15) is 11.4 Å². The Labute approximate surface area is 99.5 Å². The molecule has 16 heavy (non-hydrogen) atoms. The predicted molar refractivity (Wildman–Crippen MR) is 66.9 cm³/mol. The van der Waals surface area contributed by atoms with Crippen LogP contribution in [0.3, 0.4) is 0 Å². The smallest absolute Gasteiger partial charge is 0.139 e. The van der Waals surface area contributed by atoms with E-state index < -0.39 is 0 Å². The molecular formula is C12H16N2OS. The Kier molecular flexibility index (Phi) is 2.48. The number of nitrogens with zero attached hydrogens (tertiary/aromatic N) is 1. The van der Waals surface area contributed by atoms with E-state index >= 15 is 0 Å². The fourth-order valence-corrected chi connectivity index (χ4v) is 3.44. The molecule has 1 N–H and O–H groups in total. The molecule has 3 rings (SSSR count). The highest BCUT2D eigenvalue weighted by atomic mass is 32.1. The predicted octanol–water partition coefficient (Wildman–Crippen LogP) is 2.07. The molecule has 1 aromatic heterocycles. The molecule has 2 aliphatic rings. The molecule has 3 nitrogen and oxygen atoms in total. The average molecular weight is 236 g/mol. The van der Waals surface area contributed by atoms with Gasteiger partial charge in [-0.2, -0.15) is 0 Å². The van der Waals surface area contributed by atoms with E-state index in [2.05, 4.69) is 21.8 Å². The summed E-state index contributed by atoms with van der Waals surface area (Å²) in [6, 6.07) is 2.08. The number of hydrogen-bond donors (Lipinski definition) is 1. The normalized spacial score (nSPS) is 25.4. The fourth-order valence-electron chi connectivity index (χ4n) is 2.58. The Hall–Kier alpha value is -0.870. The lowest BCUT2D eigenvalue weighted by Crippen LogP contribution is -2.49. The molecule has 1 saturated heterocycles. The van der Waals surface area contributed by atoms with Crippen LogP contribution in [-0.2, 0) is 0 Å². The molecule has 1 aromatic rings. The number of thiophene rings is 1. The minimum absolute atomic E-state index is 0.00810. The summed E-state index contributed by atoms with van der Waals surface area (Å²) in [4.78, 5) is 5.67. The second-order valence-electron chi connectivity index (χ2n) is 4.50. The molecule has 0 aliphatic carbocycles. The number of piperidine rings is 1. The maximum atomic E-state index is 6.22. The summed E-state index contributed by atoms with van der Waals surface area (Å²) in [6.07, 6.45) is 3.14. The number of fused-ring (bicyclic) bond motifs is 1. The Balaban J connectivity index is 1.97. The SMILES string of the molecule is CN=C1CC2(CCNCC2)Oc2ccsc21. The summed E-state index contributed by atoms with van der Waals surface area (Å²) in [7, 11) is 1.89. The summed E-state index contributed by atoms with van der Waals surface area (Å²) >= 11 is 1.73. The molecule has 0 bridgehead atoms. The van der Waals surface area contributed by atoms with Crippen LogP contribution in [0.25, 0.3) is 0 Å². The van der Waals surface area contributed by atoms with Crippen molar-refractivity contribution < 1.29 is 4.74 Å².